The normalized spacial score (nSPS) is 12.5. The van der Waals surface area contributed by atoms with E-state index in [0.29, 0.717) is 18.7 Å². The van der Waals surface area contributed by atoms with Crippen molar-refractivity contribution in [2.45, 2.75) is 13.3 Å². The van der Waals surface area contributed by atoms with Crippen molar-refractivity contribution in [1.82, 2.24) is 5.16 Å². The monoisotopic (exact) mass is 183 g/mol. The third kappa shape index (κ3) is 2.87. The molecule has 1 amide bonds. The van der Waals surface area contributed by atoms with Gasteiger partial charge in [-0.05, 0) is 13.0 Å². The molecule has 1 unspecified atom stereocenters. The molecule has 0 radical (unpaired) electrons. The van der Waals surface area contributed by atoms with Gasteiger partial charge in [-0.15, -0.1) is 0 Å². The average molecular weight is 183 g/mol. The minimum absolute atomic E-state index is 0.0614. The number of rotatable bonds is 4. The van der Waals surface area contributed by atoms with Crippen LogP contribution in [-0.2, 0) is 4.79 Å². The Hall–Kier alpha value is -1.36. The van der Waals surface area contributed by atoms with E-state index < -0.39 is 0 Å². The smallest absolute Gasteiger partial charge is 0.227 e. The fraction of sp³-hybridized carbons (Fsp3) is 0.500. The molecule has 0 aliphatic carbocycles. The molecule has 0 aromatic carbocycles. The highest BCUT2D eigenvalue weighted by Crippen LogP contribution is 2.08. The molecule has 0 aliphatic heterocycles. The lowest BCUT2D eigenvalue weighted by Crippen LogP contribution is -2.22. The average Bonchev–Trinajstić information content (AvgIpc) is 2.57. The number of hydrogen-bond donors (Lipinski definition) is 2. The van der Waals surface area contributed by atoms with Crippen LogP contribution in [0.5, 0.6) is 0 Å². The summed E-state index contributed by atoms with van der Waals surface area (Å²) in [6, 6.07) is 0. The van der Waals surface area contributed by atoms with Gasteiger partial charge in [0.05, 0.1) is 6.20 Å². The number of nitrogens with zero attached hydrogens (tertiary/aromatic N) is 1. The molecule has 1 aromatic rings. The topological polar surface area (TPSA) is 81.2 Å². The van der Waals surface area contributed by atoms with Crippen molar-refractivity contribution in [3.05, 3.63) is 12.5 Å². The number of carbonyl (C=O) groups is 1. The molecular weight excluding hydrogens is 170 g/mol. The summed E-state index contributed by atoms with van der Waals surface area (Å²) in [4.78, 5) is 11.4. The number of nitrogens with two attached hydrogens (primary N) is 1. The molecule has 1 atom stereocenters. The lowest BCUT2D eigenvalue weighted by molar-refractivity contribution is -0.119. The van der Waals surface area contributed by atoms with Crippen molar-refractivity contribution in [3.8, 4) is 0 Å². The van der Waals surface area contributed by atoms with Crippen molar-refractivity contribution in [2.75, 3.05) is 11.9 Å². The van der Waals surface area contributed by atoms with Crippen LogP contribution in [0, 0.1) is 5.92 Å². The molecule has 1 rings (SSSR count). The summed E-state index contributed by atoms with van der Waals surface area (Å²) in [5.74, 6) is -0.145. The molecule has 0 aliphatic rings. The number of anilines is 1. The van der Waals surface area contributed by atoms with Gasteiger partial charge in [0.25, 0.3) is 0 Å². The van der Waals surface area contributed by atoms with Gasteiger partial charge in [0.1, 0.15) is 12.0 Å². The second-order valence-electron chi connectivity index (χ2n) is 2.88. The zero-order chi connectivity index (χ0) is 9.68. The fourth-order valence-electron chi connectivity index (χ4n) is 0.913. The molecule has 1 heterocycles. The minimum atomic E-state index is -0.0834. The number of nitrogens with one attached hydrogen (secondary N) is 1. The maximum Gasteiger partial charge on any atom is 0.227 e. The van der Waals surface area contributed by atoms with Crippen LogP contribution in [0.25, 0.3) is 0 Å². The van der Waals surface area contributed by atoms with Crippen LogP contribution in [-0.4, -0.2) is 17.6 Å². The number of amides is 1. The van der Waals surface area contributed by atoms with E-state index in [9.17, 15) is 4.79 Å². The van der Waals surface area contributed by atoms with Crippen molar-refractivity contribution >= 4 is 11.6 Å². The Labute approximate surface area is 76.3 Å². The summed E-state index contributed by atoms with van der Waals surface area (Å²) in [6.45, 7) is 2.34. The highest BCUT2D eigenvalue weighted by molar-refractivity contribution is 5.91. The summed E-state index contributed by atoms with van der Waals surface area (Å²) >= 11 is 0. The number of hydrogen-bond acceptors (Lipinski definition) is 4. The molecule has 5 heteroatoms. The van der Waals surface area contributed by atoms with Crippen LogP contribution in [0.1, 0.15) is 13.3 Å². The number of aromatic nitrogens is 1. The molecule has 72 valence electrons. The Kier molecular flexibility index (Phi) is 3.45. The van der Waals surface area contributed by atoms with Gasteiger partial charge in [0.15, 0.2) is 0 Å². The highest BCUT2D eigenvalue weighted by atomic mass is 16.5. The largest absolute Gasteiger partial charge is 0.363 e. The maximum absolute atomic E-state index is 11.4. The predicted molar refractivity (Wildman–Crippen MR) is 48.0 cm³/mol. The van der Waals surface area contributed by atoms with Crippen molar-refractivity contribution in [1.29, 1.82) is 0 Å². The highest BCUT2D eigenvalue weighted by Gasteiger charge is 2.12. The third-order valence-corrected chi connectivity index (χ3v) is 1.75. The second-order valence-corrected chi connectivity index (χ2v) is 2.88. The van der Waals surface area contributed by atoms with E-state index in [2.05, 4.69) is 15.0 Å². The van der Waals surface area contributed by atoms with Crippen LogP contribution in [0.4, 0.5) is 5.69 Å². The standard InChI is InChI=1S/C8H13N3O2/c1-6(2-3-9)8(12)11-7-4-10-13-5-7/h4-6H,2-3,9H2,1H3,(H,11,12). The first-order valence-electron chi connectivity index (χ1n) is 4.14. The van der Waals surface area contributed by atoms with Crippen molar-refractivity contribution in [2.24, 2.45) is 11.7 Å². The van der Waals surface area contributed by atoms with Crippen molar-refractivity contribution in [3.63, 3.8) is 0 Å². The Balaban J connectivity index is 2.41. The van der Waals surface area contributed by atoms with Gasteiger partial charge in [-0.1, -0.05) is 12.1 Å². The Bertz CT molecular complexity index is 258. The molecule has 13 heavy (non-hydrogen) atoms. The summed E-state index contributed by atoms with van der Waals surface area (Å²) in [6.07, 6.45) is 3.51. The Morgan fingerprint density at radius 1 is 1.85 bits per heavy atom. The SMILES string of the molecule is CC(CCN)C(=O)Nc1cnoc1. The minimum Gasteiger partial charge on any atom is -0.363 e. The van der Waals surface area contributed by atoms with E-state index in [1.54, 1.807) is 0 Å². The molecule has 0 saturated heterocycles. The van der Waals surface area contributed by atoms with Crippen LogP contribution in [0.2, 0.25) is 0 Å². The zero-order valence-corrected chi connectivity index (χ0v) is 7.49. The van der Waals surface area contributed by atoms with Gasteiger partial charge in [0.2, 0.25) is 5.91 Å². The first kappa shape index (κ1) is 9.73. The summed E-state index contributed by atoms with van der Waals surface area (Å²) < 4.78 is 4.57. The predicted octanol–water partition coefficient (Wildman–Crippen LogP) is 0.598. The van der Waals surface area contributed by atoms with Gasteiger partial charge < -0.3 is 15.6 Å². The molecule has 0 fully saturated rings. The van der Waals surface area contributed by atoms with Crippen LogP contribution in [0.3, 0.4) is 0 Å². The first-order valence-corrected chi connectivity index (χ1v) is 4.14. The van der Waals surface area contributed by atoms with Crippen LogP contribution >= 0.6 is 0 Å². The number of carbonyl (C=O) groups excluding carboxylic acids is 1. The summed E-state index contributed by atoms with van der Waals surface area (Å²) in [5, 5.41) is 6.12. The van der Waals surface area contributed by atoms with Gasteiger partial charge in [-0.25, -0.2) is 0 Å². The zero-order valence-electron chi connectivity index (χ0n) is 7.49. The lowest BCUT2D eigenvalue weighted by Gasteiger charge is -2.08. The summed E-state index contributed by atoms with van der Waals surface area (Å²) in [5.41, 5.74) is 5.91. The van der Waals surface area contributed by atoms with Gasteiger partial charge in [-0.2, -0.15) is 0 Å². The molecule has 0 bridgehead atoms. The molecule has 1 aromatic heterocycles. The van der Waals surface area contributed by atoms with E-state index >= 15 is 0 Å². The molecule has 5 nitrogen and oxygen atoms in total. The lowest BCUT2D eigenvalue weighted by atomic mass is 10.1. The second kappa shape index (κ2) is 4.61. The first-order chi connectivity index (χ1) is 6.24. The Morgan fingerprint density at radius 3 is 3.15 bits per heavy atom. The maximum atomic E-state index is 11.4. The van der Waals surface area contributed by atoms with E-state index in [0.717, 1.165) is 0 Å². The molecule has 0 spiro atoms. The van der Waals surface area contributed by atoms with Crippen LogP contribution in [0.15, 0.2) is 17.0 Å². The third-order valence-electron chi connectivity index (χ3n) is 1.75. The Morgan fingerprint density at radius 2 is 2.62 bits per heavy atom. The van der Waals surface area contributed by atoms with E-state index in [-0.39, 0.29) is 11.8 Å². The molecule has 3 N–H and O–H groups in total. The van der Waals surface area contributed by atoms with Gasteiger partial charge in [0, 0.05) is 5.92 Å². The quantitative estimate of drug-likeness (QED) is 0.716. The van der Waals surface area contributed by atoms with Crippen molar-refractivity contribution < 1.29 is 9.32 Å². The van der Waals surface area contributed by atoms with E-state index in [4.69, 9.17) is 5.73 Å². The van der Waals surface area contributed by atoms with Gasteiger partial charge in [-0.3, -0.25) is 4.79 Å². The van der Waals surface area contributed by atoms with Gasteiger partial charge >= 0.3 is 0 Å². The summed E-state index contributed by atoms with van der Waals surface area (Å²) in [7, 11) is 0. The molecule has 0 saturated carbocycles. The van der Waals surface area contributed by atoms with Crippen LogP contribution < -0.4 is 11.1 Å². The fourth-order valence-corrected chi connectivity index (χ4v) is 0.913. The van der Waals surface area contributed by atoms with E-state index in [1.807, 2.05) is 6.92 Å². The van der Waals surface area contributed by atoms with E-state index in [1.165, 1.54) is 12.5 Å². The molecular formula is C8H13N3O2.